The Morgan fingerprint density at radius 1 is 1.14 bits per heavy atom. The van der Waals surface area contributed by atoms with Crippen molar-refractivity contribution in [1.29, 1.82) is 0 Å². The van der Waals surface area contributed by atoms with Crippen LogP contribution in [0.5, 0.6) is 0 Å². The van der Waals surface area contributed by atoms with E-state index < -0.39 is 6.09 Å². The van der Waals surface area contributed by atoms with Crippen molar-refractivity contribution in [3.05, 3.63) is 41.6 Å². The average Bonchev–Trinajstić information content (AvgIpc) is 2.94. The van der Waals surface area contributed by atoms with Crippen LogP contribution in [0.3, 0.4) is 0 Å². The zero-order valence-corrected chi connectivity index (χ0v) is 17.0. The van der Waals surface area contributed by atoms with Gasteiger partial charge in [-0.25, -0.2) is 14.8 Å². The second-order valence-corrected chi connectivity index (χ2v) is 7.24. The Labute approximate surface area is 164 Å². The molecule has 28 heavy (non-hydrogen) atoms. The molecule has 0 aliphatic rings. The number of aryl methyl sites for hydroxylation is 2. The van der Waals surface area contributed by atoms with E-state index in [2.05, 4.69) is 15.6 Å². The van der Waals surface area contributed by atoms with Gasteiger partial charge in [-0.1, -0.05) is 30.3 Å². The van der Waals surface area contributed by atoms with Crippen molar-refractivity contribution in [2.45, 2.75) is 46.8 Å². The molecule has 0 unspecified atom stereocenters. The van der Waals surface area contributed by atoms with Gasteiger partial charge in [0.25, 0.3) is 0 Å². The molecule has 0 spiro atoms. The molecule has 0 bridgehead atoms. The molecule has 0 aliphatic heterocycles. The van der Waals surface area contributed by atoms with Gasteiger partial charge in [0.05, 0.1) is 11.5 Å². The van der Waals surface area contributed by atoms with E-state index in [9.17, 15) is 4.79 Å². The normalized spacial score (nSPS) is 12.2. The smallest absolute Gasteiger partial charge is 0.407 e. The fourth-order valence-corrected chi connectivity index (χ4v) is 2.96. The molecule has 7 nitrogen and oxygen atoms in total. The van der Waals surface area contributed by atoms with E-state index in [1.165, 1.54) is 0 Å². The predicted molar refractivity (Wildman–Crippen MR) is 112 cm³/mol. The number of benzene rings is 1. The maximum absolute atomic E-state index is 11.7. The molecule has 0 radical (unpaired) electrons. The van der Waals surface area contributed by atoms with Gasteiger partial charge in [-0.2, -0.15) is 0 Å². The number of hydrogen-bond acceptors (Lipinski definition) is 5. The molecule has 1 atom stereocenters. The number of anilines is 1. The summed E-state index contributed by atoms with van der Waals surface area (Å²) in [6.07, 6.45) is -0.571. The number of alkyl carbamates (subject to hydrolysis) is 1. The minimum atomic E-state index is -0.421. The first kappa shape index (κ1) is 19.7. The molecule has 1 amide bonds. The van der Waals surface area contributed by atoms with Crippen LogP contribution in [0.1, 0.15) is 32.0 Å². The van der Waals surface area contributed by atoms with Crippen LogP contribution in [0, 0.1) is 13.8 Å². The van der Waals surface area contributed by atoms with Gasteiger partial charge >= 0.3 is 6.09 Å². The fourth-order valence-electron chi connectivity index (χ4n) is 2.96. The molecule has 1 aromatic carbocycles. The van der Waals surface area contributed by atoms with Crippen molar-refractivity contribution >= 4 is 22.9 Å². The van der Waals surface area contributed by atoms with Crippen molar-refractivity contribution in [3.8, 4) is 11.4 Å². The van der Waals surface area contributed by atoms with E-state index in [0.717, 1.165) is 33.7 Å². The van der Waals surface area contributed by atoms with E-state index in [4.69, 9.17) is 14.7 Å². The lowest BCUT2D eigenvalue weighted by Gasteiger charge is -2.17. The Hall–Kier alpha value is -3.09. The topological polar surface area (TPSA) is 91.9 Å². The number of nitrogens with zero attached hydrogens (tertiary/aromatic N) is 2. The van der Waals surface area contributed by atoms with Gasteiger partial charge in [-0.15, -0.1) is 0 Å². The molecule has 0 aliphatic carbocycles. The van der Waals surface area contributed by atoms with Crippen LogP contribution in [-0.2, 0) is 4.74 Å². The van der Waals surface area contributed by atoms with Gasteiger partial charge < -0.3 is 20.4 Å². The minimum Gasteiger partial charge on any atom is -0.447 e. The van der Waals surface area contributed by atoms with Crippen molar-refractivity contribution in [1.82, 2.24) is 20.3 Å². The minimum absolute atomic E-state index is 0.0453. The SMILES string of the molecule is Cc1[nH]c2nc(-c3ccccc3)nc(N[C@H](C)CNC(=O)OC(C)C)c2c1C. The van der Waals surface area contributed by atoms with Gasteiger partial charge in [-0.3, -0.25) is 0 Å². The summed E-state index contributed by atoms with van der Waals surface area (Å²) in [6, 6.07) is 9.83. The van der Waals surface area contributed by atoms with Crippen molar-refractivity contribution in [3.63, 3.8) is 0 Å². The van der Waals surface area contributed by atoms with Crippen LogP contribution in [-0.4, -0.2) is 39.7 Å². The molecule has 0 saturated heterocycles. The lowest BCUT2D eigenvalue weighted by atomic mass is 10.1. The van der Waals surface area contributed by atoms with Crippen molar-refractivity contribution in [2.24, 2.45) is 0 Å². The molecule has 0 fully saturated rings. The van der Waals surface area contributed by atoms with E-state index >= 15 is 0 Å². The van der Waals surface area contributed by atoms with Crippen LogP contribution in [0.2, 0.25) is 0 Å². The largest absolute Gasteiger partial charge is 0.447 e. The van der Waals surface area contributed by atoms with Gasteiger partial charge in [0, 0.05) is 23.8 Å². The number of aromatic nitrogens is 3. The highest BCUT2D eigenvalue weighted by atomic mass is 16.6. The molecule has 2 heterocycles. The third-order valence-corrected chi connectivity index (χ3v) is 4.46. The number of carbonyl (C=O) groups excluding carboxylic acids is 1. The highest BCUT2D eigenvalue weighted by molar-refractivity contribution is 5.92. The Balaban J connectivity index is 1.87. The highest BCUT2D eigenvalue weighted by Crippen LogP contribution is 2.29. The second-order valence-electron chi connectivity index (χ2n) is 7.24. The van der Waals surface area contributed by atoms with Crippen molar-refractivity contribution in [2.75, 3.05) is 11.9 Å². The molecule has 3 rings (SSSR count). The molecule has 7 heteroatoms. The molecule has 3 N–H and O–H groups in total. The third-order valence-electron chi connectivity index (χ3n) is 4.46. The summed E-state index contributed by atoms with van der Waals surface area (Å²) >= 11 is 0. The molecule has 2 aromatic heterocycles. The average molecular weight is 381 g/mol. The first-order valence-corrected chi connectivity index (χ1v) is 9.48. The third kappa shape index (κ3) is 4.42. The Kier molecular flexibility index (Phi) is 5.82. The molecular formula is C21H27N5O2. The summed E-state index contributed by atoms with van der Waals surface area (Å²) in [5, 5.41) is 7.16. The quantitative estimate of drug-likeness (QED) is 0.596. The Bertz CT molecular complexity index is 966. The van der Waals surface area contributed by atoms with Gasteiger partial charge in [0.15, 0.2) is 5.82 Å². The van der Waals surface area contributed by atoms with Gasteiger partial charge in [-0.05, 0) is 40.2 Å². The van der Waals surface area contributed by atoms with Gasteiger partial charge in [0.1, 0.15) is 11.5 Å². The maximum atomic E-state index is 11.7. The summed E-state index contributed by atoms with van der Waals surface area (Å²) in [6.45, 7) is 10.1. The monoisotopic (exact) mass is 381 g/mol. The summed E-state index contributed by atoms with van der Waals surface area (Å²) < 4.78 is 5.11. The highest BCUT2D eigenvalue weighted by Gasteiger charge is 2.17. The molecular weight excluding hydrogens is 354 g/mol. The van der Waals surface area contributed by atoms with Crippen LogP contribution in [0.15, 0.2) is 30.3 Å². The lowest BCUT2D eigenvalue weighted by Crippen LogP contribution is -2.36. The molecule has 0 saturated carbocycles. The van der Waals surface area contributed by atoms with E-state index in [0.29, 0.717) is 12.4 Å². The number of aromatic amines is 1. The first-order chi connectivity index (χ1) is 13.3. The van der Waals surface area contributed by atoms with Crippen LogP contribution < -0.4 is 10.6 Å². The van der Waals surface area contributed by atoms with E-state index in [1.54, 1.807) is 0 Å². The first-order valence-electron chi connectivity index (χ1n) is 9.48. The number of H-pyrrole nitrogens is 1. The number of fused-ring (bicyclic) bond motifs is 1. The number of hydrogen-bond donors (Lipinski definition) is 3. The van der Waals surface area contributed by atoms with E-state index in [-0.39, 0.29) is 12.1 Å². The number of carbonyl (C=O) groups is 1. The molecule has 148 valence electrons. The lowest BCUT2D eigenvalue weighted by molar-refractivity contribution is 0.115. The fraction of sp³-hybridized carbons (Fsp3) is 0.381. The van der Waals surface area contributed by atoms with Crippen LogP contribution >= 0.6 is 0 Å². The summed E-state index contributed by atoms with van der Waals surface area (Å²) in [4.78, 5) is 24.5. The maximum Gasteiger partial charge on any atom is 0.407 e. The van der Waals surface area contributed by atoms with Gasteiger partial charge in [0.2, 0.25) is 0 Å². The summed E-state index contributed by atoms with van der Waals surface area (Å²) in [5.41, 5.74) is 3.91. The second kappa shape index (κ2) is 8.29. The van der Waals surface area contributed by atoms with Crippen LogP contribution in [0.25, 0.3) is 22.4 Å². The van der Waals surface area contributed by atoms with Crippen LogP contribution in [0.4, 0.5) is 10.6 Å². The number of ether oxygens (including phenoxy) is 1. The zero-order valence-electron chi connectivity index (χ0n) is 17.0. The zero-order chi connectivity index (χ0) is 20.3. The van der Waals surface area contributed by atoms with E-state index in [1.807, 2.05) is 65.0 Å². The Morgan fingerprint density at radius 3 is 2.54 bits per heavy atom. The number of nitrogens with one attached hydrogen (secondary N) is 3. The predicted octanol–water partition coefficient (Wildman–Crippen LogP) is 4.18. The number of rotatable bonds is 6. The van der Waals surface area contributed by atoms with Crippen molar-refractivity contribution < 1.29 is 9.53 Å². The standard InChI is InChI=1S/C21H27N5O2/c1-12(2)28-21(27)22-11-13(3)23-19-17-14(4)15(5)24-20(17)26-18(25-19)16-9-7-6-8-10-16/h6-10,12-13H,11H2,1-5H3,(H,22,27)(H2,23,24,25,26)/t13-/m1/s1. The summed E-state index contributed by atoms with van der Waals surface area (Å²) in [7, 11) is 0. The Morgan fingerprint density at radius 2 is 1.86 bits per heavy atom. The number of amides is 1. The summed E-state index contributed by atoms with van der Waals surface area (Å²) in [5.74, 6) is 1.40. The molecule has 3 aromatic rings.